The van der Waals surface area contributed by atoms with Crippen molar-refractivity contribution in [3.05, 3.63) is 197 Å². The number of unbranched alkanes of at least 4 members (excludes halogenated alkanes) is 21. The second-order valence-corrected chi connectivity index (χ2v) is 22.0. The Balaban J connectivity index is 0.912. The largest absolute Gasteiger partial charge is 0.0622 e. The Morgan fingerprint density at radius 1 is 0.164 bits per heavy atom. The van der Waals surface area contributed by atoms with E-state index in [0.717, 1.165) is 0 Å². The molecule has 0 aliphatic heterocycles. The highest BCUT2D eigenvalue weighted by atomic mass is 31.1. The van der Waals surface area contributed by atoms with Gasteiger partial charge in [0.1, 0.15) is 0 Å². The van der Waals surface area contributed by atoms with Crippen LogP contribution in [-0.2, 0) is 38.5 Å². The fraction of sp³-hybridized carbons (Fsp3) is 0.455. The highest BCUT2D eigenvalue weighted by molar-refractivity contribution is 7.79. The number of hydrogen-bond acceptors (Lipinski definition) is 0. The lowest BCUT2D eigenvalue weighted by Crippen LogP contribution is -2.21. The monoisotopic (exact) mass is 911 g/mol. The molecular formula is C66H87P. The molecule has 0 bridgehead atoms. The molecule has 356 valence electrons. The second kappa shape index (κ2) is 33.3. The molecule has 0 aromatic heterocycles. The molecule has 0 spiro atoms. The SMILES string of the molecule is c1ccc(CCCCCCCCCCc2ccc(P(c3ccc(CCCCCCCCCCc4ccccc4)cc3)c3ccc(CCCCCCCCCCc4ccccc4)cc3)cc2)cc1. The lowest BCUT2D eigenvalue weighted by molar-refractivity contribution is 0.567. The van der Waals surface area contributed by atoms with E-state index in [1.54, 1.807) is 0 Å². The molecule has 6 rings (SSSR count). The van der Waals surface area contributed by atoms with Crippen LogP contribution in [0.4, 0.5) is 0 Å². The van der Waals surface area contributed by atoms with Crippen LogP contribution in [-0.4, -0.2) is 0 Å². The second-order valence-electron chi connectivity index (χ2n) is 19.8. The third-order valence-electron chi connectivity index (χ3n) is 14.2. The summed E-state index contributed by atoms with van der Waals surface area (Å²) in [6.07, 6.45) is 39.9. The van der Waals surface area contributed by atoms with Gasteiger partial charge in [0.15, 0.2) is 0 Å². The van der Waals surface area contributed by atoms with Gasteiger partial charge in [-0.1, -0.05) is 279 Å². The fourth-order valence-corrected chi connectivity index (χ4v) is 12.2. The molecule has 0 fully saturated rings. The molecular weight excluding hydrogens is 824 g/mol. The molecule has 67 heavy (non-hydrogen) atoms. The summed E-state index contributed by atoms with van der Waals surface area (Å²) in [7, 11) is -0.606. The predicted molar refractivity (Wildman–Crippen MR) is 298 cm³/mol. The standard InChI is InChI=1S/C66H87P/c1(7-13-22-34-58-37-28-19-29-38-58)4-10-16-25-43-61-46-52-64(53-47-61)67(65-54-48-62(49-55-65)44-26-17-11-5-2-8-14-23-35-59-39-30-20-31-40-59)66-56-50-63(51-57-66)45-27-18-12-6-3-9-15-24-36-60-41-32-21-33-42-60/h19-21,28-33,37-42,46-57H,1-18,22-27,34-36,43-45H2. The van der Waals surface area contributed by atoms with Gasteiger partial charge >= 0.3 is 0 Å². The first-order chi connectivity index (χ1) is 33.3. The minimum atomic E-state index is -0.606. The Morgan fingerprint density at radius 3 is 0.522 bits per heavy atom. The Bertz CT molecular complexity index is 1820. The lowest BCUT2D eigenvalue weighted by atomic mass is 10.0. The summed E-state index contributed by atoms with van der Waals surface area (Å²) >= 11 is 0. The van der Waals surface area contributed by atoms with Gasteiger partial charge in [-0.2, -0.15) is 0 Å². The topological polar surface area (TPSA) is 0 Å². The molecule has 0 aliphatic rings. The Hall–Kier alpha value is -4.25. The Labute approximate surface area is 411 Å². The number of benzene rings is 6. The average Bonchev–Trinajstić information content (AvgIpc) is 3.38. The normalized spacial score (nSPS) is 11.4. The van der Waals surface area contributed by atoms with Crippen molar-refractivity contribution in [1.82, 2.24) is 0 Å². The summed E-state index contributed by atoms with van der Waals surface area (Å²) in [6.45, 7) is 0. The Kier molecular flexibility index (Phi) is 25.9. The van der Waals surface area contributed by atoms with Crippen LogP contribution >= 0.6 is 7.92 Å². The van der Waals surface area contributed by atoms with Crippen LogP contribution in [0.25, 0.3) is 0 Å². The van der Waals surface area contributed by atoms with Gasteiger partial charge in [0, 0.05) is 0 Å². The molecule has 1 heteroatoms. The maximum atomic E-state index is 2.46. The van der Waals surface area contributed by atoms with Crippen LogP contribution in [0.1, 0.15) is 187 Å². The lowest BCUT2D eigenvalue weighted by Gasteiger charge is -2.20. The number of hydrogen-bond donors (Lipinski definition) is 0. The molecule has 0 aliphatic carbocycles. The van der Waals surface area contributed by atoms with Crippen molar-refractivity contribution < 1.29 is 0 Å². The summed E-state index contributed by atoms with van der Waals surface area (Å²) in [6, 6.07) is 62.4. The first kappa shape index (κ1) is 52.1. The maximum Gasteiger partial charge on any atom is -0.0134 e. The molecule has 0 amide bonds. The van der Waals surface area contributed by atoms with Gasteiger partial charge in [-0.15, -0.1) is 0 Å². The van der Waals surface area contributed by atoms with E-state index in [0.29, 0.717) is 0 Å². The zero-order valence-electron chi connectivity index (χ0n) is 41.7. The summed E-state index contributed by atoms with van der Waals surface area (Å²) in [4.78, 5) is 0. The average molecular weight is 911 g/mol. The van der Waals surface area contributed by atoms with Crippen LogP contribution in [0, 0.1) is 0 Å². The predicted octanol–water partition coefficient (Wildman–Crippen LogP) is 18.2. The van der Waals surface area contributed by atoms with Crippen LogP contribution < -0.4 is 15.9 Å². The van der Waals surface area contributed by atoms with Gasteiger partial charge in [-0.3, -0.25) is 0 Å². The zero-order chi connectivity index (χ0) is 46.1. The van der Waals surface area contributed by atoms with Gasteiger partial charge in [0.25, 0.3) is 0 Å². The molecule has 0 heterocycles. The third-order valence-corrected chi connectivity index (χ3v) is 16.6. The first-order valence-electron chi connectivity index (χ1n) is 27.5. The van der Waals surface area contributed by atoms with Crippen molar-refractivity contribution in [2.24, 2.45) is 0 Å². The van der Waals surface area contributed by atoms with E-state index in [1.165, 1.54) is 242 Å². The van der Waals surface area contributed by atoms with E-state index >= 15 is 0 Å². The van der Waals surface area contributed by atoms with Crippen LogP contribution in [0.15, 0.2) is 164 Å². The molecule has 0 radical (unpaired) electrons. The van der Waals surface area contributed by atoms with Crippen molar-refractivity contribution in [3.63, 3.8) is 0 Å². The van der Waals surface area contributed by atoms with E-state index in [2.05, 4.69) is 164 Å². The minimum Gasteiger partial charge on any atom is -0.0622 e. The van der Waals surface area contributed by atoms with Gasteiger partial charge in [-0.05, 0) is 134 Å². The summed E-state index contributed by atoms with van der Waals surface area (Å²) in [5.41, 5.74) is 8.95. The number of rotatable bonds is 36. The number of aryl methyl sites for hydroxylation is 6. The highest BCUT2D eigenvalue weighted by Gasteiger charge is 2.17. The summed E-state index contributed by atoms with van der Waals surface area (Å²) in [5.74, 6) is 0. The molecule has 6 aromatic rings. The van der Waals surface area contributed by atoms with Gasteiger partial charge in [-0.25, -0.2) is 0 Å². The fourth-order valence-electron chi connectivity index (χ4n) is 9.97. The van der Waals surface area contributed by atoms with Crippen molar-refractivity contribution >= 4 is 23.8 Å². The minimum absolute atomic E-state index is 0.606. The molecule has 6 aromatic carbocycles. The first-order valence-corrected chi connectivity index (χ1v) is 28.8. The van der Waals surface area contributed by atoms with Crippen molar-refractivity contribution in [1.29, 1.82) is 0 Å². The van der Waals surface area contributed by atoms with Crippen LogP contribution in [0.5, 0.6) is 0 Å². The van der Waals surface area contributed by atoms with E-state index in [1.807, 2.05) is 0 Å². The van der Waals surface area contributed by atoms with Gasteiger partial charge < -0.3 is 0 Å². The summed E-state index contributed by atoms with van der Waals surface area (Å²) in [5, 5.41) is 4.44. The molecule has 0 saturated carbocycles. The molecule has 0 nitrogen and oxygen atoms in total. The van der Waals surface area contributed by atoms with Gasteiger partial charge in [0.05, 0.1) is 0 Å². The molecule has 0 atom stereocenters. The van der Waals surface area contributed by atoms with Crippen LogP contribution in [0.2, 0.25) is 0 Å². The van der Waals surface area contributed by atoms with Crippen LogP contribution in [0.3, 0.4) is 0 Å². The zero-order valence-corrected chi connectivity index (χ0v) is 42.6. The molecule has 0 unspecified atom stereocenters. The van der Waals surface area contributed by atoms with Crippen molar-refractivity contribution in [3.8, 4) is 0 Å². The maximum absolute atomic E-state index is 2.46. The van der Waals surface area contributed by atoms with E-state index < -0.39 is 7.92 Å². The third kappa shape index (κ3) is 21.7. The highest BCUT2D eigenvalue weighted by Crippen LogP contribution is 2.33. The molecule has 0 saturated heterocycles. The van der Waals surface area contributed by atoms with Gasteiger partial charge in [0.2, 0.25) is 0 Å². The van der Waals surface area contributed by atoms with Crippen molar-refractivity contribution in [2.45, 2.75) is 193 Å². The van der Waals surface area contributed by atoms with E-state index in [4.69, 9.17) is 0 Å². The summed E-state index contributed by atoms with van der Waals surface area (Å²) < 4.78 is 0. The smallest absolute Gasteiger partial charge is 0.0134 e. The van der Waals surface area contributed by atoms with E-state index in [9.17, 15) is 0 Å². The molecule has 0 N–H and O–H groups in total. The van der Waals surface area contributed by atoms with E-state index in [-0.39, 0.29) is 0 Å². The van der Waals surface area contributed by atoms with Crippen molar-refractivity contribution in [2.75, 3.05) is 0 Å². The quantitative estimate of drug-likeness (QED) is 0.0272. The Morgan fingerprint density at radius 2 is 0.328 bits per heavy atom.